The minimum absolute atomic E-state index is 0. The molecule has 1 aliphatic rings. The maximum absolute atomic E-state index is 12.3. The molecule has 0 aliphatic carbocycles. The summed E-state index contributed by atoms with van der Waals surface area (Å²) in [5.74, 6) is 0.537. The molecular formula is C14H23ClN2OS. The number of hydrogen-bond donors (Lipinski definition) is 1. The van der Waals surface area contributed by atoms with Crippen molar-refractivity contribution in [3.05, 3.63) is 22.4 Å². The second kappa shape index (κ2) is 7.88. The highest BCUT2D eigenvalue weighted by atomic mass is 35.5. The zero-order chi connectivity index (χ0) is 13.0. The van der Waals surface area contributed by atoms with E-state index in [0.29, 0.717) is 11.9 Å². The Morgan fingerprint density at radius 1 is 1.58 bits per heavy atom. The molecule has 1 saturated heterocycles. The van der Waals surface area contributed by atoms with E-state index in [2.05, 4.69) is 29.8 Å². The molecule has 1 aromatic rings. The highest BCUT2D eigenvalue weighted by Gasteiger charge is 2.26. The van der Waals surface area contributed by atoms with Crippen LogP contribution in [0.4, 0.5) is 0 Å². The van der Waals surface area contributed by atoms with Crippen LogP contribution in [0.15, 0.2) is 17.5 Å². The Morgan fingerprint density at radius 2 is 2.37 bits per heavy atom. The average Bonchev–Trinajstić information content (AvgIpc) is 2.88. The van der Waals surface area contributed by atoms with E-state index < -0.39 is 0 Å². The van der Waals surface area contributed by atoms with E-state index in [9.17, 15) is 4.79 Å². The van der Waals surface area contributed by atoms with Crippen molar-refractivity contribution in [2.45, 2.75) is 32.2 Å². The lowest BCUT2D eigenvalue weighted by Crippen LogP contribution is -2.43. The van der Waals surface area contributed by atoms with Crippen LogP contribution >= 0.6 is 23.7 Å². The Bertz CT molecular complexity index is 383. The van der Waals surface area contributed by atoms with Crippen molar-refractivity contribution in [1.82, 2.24) is 10.2 Å². The van der Waals surface area contributed by atoms with E-state index in [4.69, 9.17) is 0 Å². The maximum atomic E-state index is 12.3. The molecule has 0 saturated carbocycles. The van der Waals surface area contributed by atoms with Crippen molar-refractivity contribution in [3.8, 4) is 0 Å². The van der Waals surface area contributed by atoms with E-state index >= 15 is 0 Å². The molecule has 2 atom stereocenters. The van der Waals surface area contributed by atoms with Crippen LogP contribution in [0.25, 0.3) is 0 Å². The summed E-state index contributed by atoms with van der Waals surface area (Å²) in [6.07, 6.45) is 2.93. The van der Waals surface area contributed by atoms with Crippen LogP contribution in [0.2, 0.25) is 0 Å². The summed E-state index contributed by atoms with van der Waals surface area (Å²) in [4.78, 5) is 15.6. The topological polar surface area (TPSA) is 32.3 Å². The lowest BCUT2D eigenvalue weighted by molar-refractivity contribution is -0.135. The smallest absolute Gasteiger partial charge is 0.225 e. The number of carbonyl (C=O) groups excluding carboxylic acids is 1. The van der Waals surface area contributed by atoms with Crippen molar-refractivity contribution in [2.24, 2.45) is 5.92 Å². The molecule has 0 spiro atoms. The molecule has 5 heteroatoms. The molecule has 1 aromatic heterocycles. The fraction of sp³-hybridized carbons (Fsp3) is 0.643. The summed E-state index contributed by atoms with van der Waals surface area (Å²) in [5, 5.41) is 5.48. The molecule has 108 valence electrons. The monoisotopic (exact) mass is 302 g/mol. The van der Waals surface area contributed by atoms with Crippen LogP contribution < -0.4 is 5.32 Å². The number of halogens is 1. The summed E-state index contributed by atoms with van der Waals surface area (Å²) in [7, 11) is 1.93. The van der Waals surface area contributed by atoms with Crippen LogP contribution in [-0.4, -0.2) is 37.0 Å². The second-order valence-electron chi connectivity index (χ2n) is 5.17. The highest BCUT2D eigenvalue weighted by molar-refractivity contribution is 7.09. The third-order valence-corrected chi connectivity index (χ3v) is 4.56. The van der Waals surface area contributed by atoms with Gasteiger partial charge in [0, 0.05) is 30.4 Å². The van der Waals surface area contributed by atoms with Gasteiger partial charge in [-0.25, -0.2) is 0 Å². The number of likely N-dealkylation sites (N-methyl/N-ethyl adjacent to an activating group) is 1. The van der Waals surface area contributed by atoms with E-state index in [1.54, 1.807) is 11.3 Å². The Labute approximate surface area is 125 Å². The molecule has 1 aliphatic heterocycles. The number of nitrogens with one attached hydrogen (secondary N) is 1. The molecule has 2 heterocycles. The molecule has 2 rings (SSSR count). The zero-order valence-electron chi connectivity index (χ0n) is 11.6. The minimum atomic E-state index is 0. The highest BCUT2D eigenvalue weighted by Crippen LogP contribution is 2.18. The Morgan fingerprint density at radius 3 is 3.00 bits per heavy atom. The number of amides is 1. The van der Waals surface area contributed by atoms with Crippen molar-refractivity contribution < 1.29 is 4.79 Å². The molecule has 1 N–H and O–H groups in total. The summed E-state index contributed by atoms with van der Waals surface area (Å²) < 4.78 is 0. The number of piperidine rings is 1. The van der Waals surface area contributed by atoms with E-state index in [0.717, 1.165) is 32.4 Å². The molecule has 0 bridgehead atoms. The summed E-state index contributed by atoms with van der Waals surface area (Å²) in [6, 6.07) is 4.67. The molecule has 1 fully saturated rings. The zero-order valence-corrected chi connectivity index (χ0v) is 13.2. The first-order valence-corrected chi connectivity index (χ1v) is 7.55. The van der Waals surface area contributed by atoms with Crippen molar-refractivity contribution in [3.63, 3.8) is 0 Å². The lowest BCUT2D eigenvalue weighted by atomic mass is 9.92. The van der Waals surface area contributed by atoms with Gasteiger partial charge in [-0.15, -0.1) is 23.7 Å². The fourth-order valence-electron chi connectivity index (χ4n) is 2.51. The van der Waals surface area contributed by atoms with E-state index in [-0.39, 0.29) is 18.3 Å². The molecule has 1 amide bonds. The van der Waals surface area contributed by atoms with Gasteiger partial charge in [-0.3, -0.25) is 4.79 Å². The van der Waals surface area contributed by atoms with E-state index in [1.807, 2.05) is 11.9 Å². The van der Waals surface area contributed by atoms with Crippen LogP contribution in [0, 0.1) is 5.92 Å². The van der Waals surface area contributed by atoms with Crippen LogP contribution in [0.1, 0.15) is 24.6 Å². The Balaban J connectivity index is 0.00000180. The van der Waals surface area contributed by atoms with Crippen molar-refractivity contribution >= 4 is 29.7 Å². The lowest BCUT2D eigenvalue weighted by Gasteiger charge is -2.30. The third-order valence-electron chi connectivity index (χ3n) is 3.62. The number of carbonyl (C=O) groups is 1. The standard InChI is InChI=1S/C14H22N2OS.ClH/c1-11-10-12(5-7-15-11)14(17)16(2)8-6-13-4-3-9-18-13;/h3-4,9,11-12,15H,5-8,10H2,1-2H3;1H/t11-,12-;/m0./s1. The number of thiophene rings is 1. The normalized spacial score (nSPS) is 22.6. The number of hydrogen-bond acceptors (Lipinski definition) is 3. The fourth-order valence-corrected chi connectivity index (χ4v) is 3.21. The Kier molecular flexibility index (Phi) is 6.83. The molecule has 0 radical (unpaired) electrons. The van der Waals surface area contributed by atoms with Crippen LogP contribution in [-0.2, 0) is 11.2 Å². The van der Waals surface area contributed by atoms with Crippen LogP contribution in [0.5, 0.6) is 0 Å². The summed E-state index contributed by atoms with van der Waals surface area (Å²) in [6.45, 7) is 3.96. The molecule has 3 nitrogen and oxygen atoms in total. The largest absolute Gasteiger partial charge is 0.345 e. The number of rotatable bonds is 4. The quantitative estimate of drug-likeness (QED) is 0.927. The average molecular weight is 303 g/mol. The van der Waals surface area contributed by atoms with Crippen molar-refractivity contribution in [1.29, 1.82) is 0 Å². The SMILES string of the molecule is C[C@H]1C[C@@H](C(=O)N(C)CCc2cccs2)CCN1.Cl. The maximum Gasteiger partial charge on any atom is 0.225 e. The van der Waals surface area contributed by atoms with Gasteiger partial charge in [-0.05, 0) is 44.2 Å². The van der Waals surface area contributed by atoms with Gasteiger partial charge in [0.25, 0.3) is 0 Å². The molecule has 0 unspecified atom stereocenters. The van der Waals surface area contributed by atoms with Gasteiger partial charge < -0.3 is 10.2 Å². The molecular weight excluding hydrogens is 280 g/mol. The first kappa shape index (κ1) is 16.5. The second-order valence-corrected chi connectivity index (χ2v) is 6.20. The van der Waals surface area contributed by atoms with Gasteiger partial charge in [0.05, 0.1) is 0 Å². The minimum Gasteiger partial charge on any atom is -0.345 e. The summed E-state index contributed by atoms with van der Waals surface area (Å²) >= 11 is 1.76. The predicted molar refractivity (Wildman–Crippen MR) is 83.1 cm³/mol. The molecule has 0 aromatic carbocycles. The van der Waals surface area contributed by atoms with Gasteiger partial charge in [0.2, 0.25) is 5.91 Å². The van der Waals surface area contributed by atoms with E-state index in [1.165, 1.54) is 4.88 Å². The molecule has 19 heavy (non-hydrogen) atoms. The predicted octanol–water partition coefficient (Wildman–Crippen LogP) is 2.56. The van der Waals surface area contributed by atoms with Gasteiger partial charge in [-0.1, -0.05) is 6.07 Å². The van der Waals surface area contributed by atoms with Gasteiger partial charge in [0.15, 0.2) is 0 Å². The first-order chi connectivity index (χ1) is 8.66. The van der Waals surface area contributed by atoms with Gasteiger partial charge in [0.1, 0.15) is 0 Å². The number of nitrogens with zero attached hydrogens (tertiary/aromatic N) is 1. The van der Waals surface area contributed by atoms with Crippen LogP contribution in [0.3, 0.4) is 0 Å². The van der Waals surface area contributed by atoms with Gasteiger partial charge in [-0.2, -0.15) is 0 Å². The first-order valence-electron chi connectivity index (χ1n) is 6.67. The Hall–Kier alpha value is -0.580. The third kappa shape index (κ3) is 4.79. The van der Waals surface area contributed by atoms with Crippen molar-refractivity contribution in [2.75, 3.05) is 20.1 Å². The van der Waals surface area contributed by atoms with Gasteiger partial charge >= 0.3 is 0 Å². The summed E-state index contributed by atoms with van der Waals surface area (Å²) in [5.41, 5.74) is 0.